The lowest BCUT2D eigenvalue weighted by molar-refractivity contribution is 0.414. The molecule has 0 fully saturated rings. The molecule has 1 N–H and O–H groups in total. The summed E-state index contributed by atoms with van der Waals surface area (Å²) in [6, 6.07) is 6.20. The average Bonchev–Trinajstić information content (AvgIpc) is 3.25. The van der Waals surface area contributed by atoms with Crippen molar-refractivity contribution in [2.24, 2.45) is 0 Å². The zero-order valence-electron chi connectivity index (χ0n) is 17.5. The van der Waals surface area contributed by atoms with Crippen LogP contribution in [0.2, 0.25) is 0 Å². The van der Waals surface area contributed by atoms with E-state index in [1.807, 2.05) is 10.6 Å². The van der Waals surface area contributed by atoms with Gasteiger partial charge in [-0.3, -0.25) is 0 Å². The minimum absolute atomic E-state index is 0.871. The molecular weight excluding hydrogens is 350 g/mol. The van der Waals surface area contributed by atoms with Crippen LogP contribution in [-0.4, -0.2) is 53.8 Å². The highest BCUT2D eigenvalue weighted by Crippen LogP contribution is 2.36. The van der Waals surface area contributed by atoms with E-state index in [2.05, 4.69) is 50.3 Å². The first kappa shape index (κ1) is 18.7. The van der Waals surface area contributed by atoms with Gasteiger partial charge in [0, 0.05) is 29.9 Å². The van der Waals surface area contributed by atoms with Crippen LogP contribution in [0.4, 0.5) is 5.82 Å². The number of likely N-dealkylation sites (N-methyl/N-ethyl adjacent to an activating group) is 1. The highest BCUT2D eigenvalue weighted by atomic mass is 16.5. The quantitative estimate of drug-likeness (QED) is 0.711. The fraction of sp³-hybridized carbons (Fsp3) is 0.455. The highest BCUT2D eigenvalue weighted by Gasteiger charge is 2.24. The number of anilines is 1. The van der Waals surface area contributed by atoms with Gasteiger partial charge < -0.3 is 15.0 Å². The first-order valence-electron chi connectivity index (χ1n) is 9.94. The van der Waals surface area contributed by atoms with E-state index >= 15 is 0 Å². The zero-order valence-corrected chi connectivity index (χ0v) is 17.5. The minimum atomic E-state index is 0.871. The van der Waals surface area contributed by atoms with Gasteiger partial charge in [-0.15, -0.1) is 0 Å². The Morgan fingerprint density at radius 1 is 1.21 bits per heavy atom. The topological polar surface area (TPSA) is 54.7 Å². The fourth-order valence-corrected chi connectivity index (χ4v) is 4.07. The largest absolute Gasteiger partial charge is 0.497 e. The Morgan fingerprint density at radius 3 is 2.75 bits per heavy atom. The van der Waals surface area contributed by atoms with Crippen LogP contribution >= 0.6 is 0 Å². The molecule has 0 amide bonds. The number of aryl methyl sites for hydroxylation is 3. The molecule has 0 aliphatic heterocycles. The summed E-state index contributed by atoms with van der Waals surface area (Å²) in [7, 11) is 5.89. The second-order valence-corrected chi connectivity index (χ2v) is 7.85. The summed E-state index contributed by atoms with van der Waals surface area (Å²) in [5.74, 6) is 1.98. The fourth-order valence-electron chi connectivity index (χ4n) is 4.07. The highest BCUT2D eigenvalue weighted by molar-refractivity contribution is 5.83. The molecule has 2 aromatic heterocycles. The molecule has 0 radical (unpaired) electrons. The van der Waals surface area contributed by atoms with E-state index in [0.717, 1.165) is 66.4 Å². The maximum atomic E-state index is 5.38. The molecular formula is C22H29N5O. The number of benzene rings is 1. The van der Waals surface area contributed by atoms with Crippen molar-refractivity contribution in [3.05, 3.63) is 40.7 Å². The Balaban J connectivity index is 1.87. The summed E-state index contributed by atoms with van der Waals surface area (Å²) in [4.78, 5) is 7.25. The number of fused-ring (bicyclic) bond motifs is 2. The number of nitrogens with zero attached hydrogens (tertiary/aromatic N) is 4. The molecule has 0 spiro atoms. The van der Waals surface area contributed by atoms with E-state index in [4.69, 9.17) is 14.8 Å². The Morgan fingerprint density at radius 2 is 2.04 bits per heavy atom. The molecule has 6 nitrogen and oxygen atoms in total. The van der Waals surface area contributed by atoms with Crippen LogP contribution in [0.3, 0.4) is 0 Å². The van der Waals surface area contributed by atoms with Crippen molar-refractivity contribution >= 4 is 11.5 Å². The Hall–Kier alpha value is -2.60. The third-order valence-electron chi connectivity index (χ3n) is 5.52. The minimum Gasteiger partial charge on any atom is -0.497 e. The maximum Gasteiger partial charge on any atom is 0.165 e. The summed E-state index contributed by atoms with van der Waals surface area (Å²) >= 11 is 0. The van der Waals surface area contributed by atoms with Crippen LogP contribution in [0, 0.1) is 13.8 Å². The summed E-state index contributed by atoms with van der Waals surface area (Å²) in [5, 5.41) is 8.54. The van der Waals surface area contributed by atoms with E-state index < -0.39 is 0 Å². The average molecular weight is 380 g/mol. The molecule has 6 heteroatoms. The monoisotopic (exact) mass is 379 g/mol. The van der Waals surface area contributed by atoms with Gasteiger partial charge in [0.2, 0.25) is 0 Å². The number of rotatable bonds is 6. The van der Waals surface area contributed by atoms with Gasteiger partial charge >= 0.3 is 0 Å². The Kier molecular flexibility index (Phi) is 4.98. The molecule has 0 saturated carbocycles. The molecule has 0 atom stereocenters. The van der Waals surface area contributed by atoms with Crippen molar-refractivity contribution in [2.75, 3.05) is 39.6 Å². The third-order valence-corrected chi connectivity index (χ3v) is 5.52. The molecule has 2 heterocycles. The van der Waals surface area contributed by atoms with Crippen molar-refractivity contribution < 1.29 is 4.74 Å². The van der Waals surface area contributed by atoms with Crippen molar-refractivity contribution in [2.45, 2.75) is 33.1 Å². The van der Waals surface area contributed by atoms with Crippen molar-refractivity contribution in [1.82, 2.24) is 19.5 Å². The molecule has 1 aromatic carbocycles. The standard InChI is InChI=1S/C22H29N5O/c1-14-13-16(28-5)9-10-17(14)20-15(2)25-27-21(23-11-12-26(3)4)18-7-6-8-19(18)24-22(20)27/h9-10,13,23H,6-8,11-12H2,1-5H3. The van der Waals surface area contributed by atoms with Crippen molar-refractivity contribution in [1.29, 1.82) is 0 Å². The van der Waals surface area contributed by atoms with E-state index in [1.54, 1.807) is 7.11 Å². The number of ether oxygens (including phenoxy) is 1. The Labute approximate surface area is 166 Å². The van der Waals surface area contributed by atoms with E-state index in [1.165, 1.54) is 16.8 Å². The second-order valence-electron chi connectivity index (χ2n) is 7.85. The number of nitrogens with one attached hydrogen (secondary N) is 1. The molecule has 0 unspecified atom stereocenters. The summed E-state index contributed by atoms with van der Waals surface area (Å²) in [6.45, 7) is 6.05. The zero-order chi connectivity index (χ0) is 19.8. The van der Waals surface area contributed by atoms with Gasteiger partial charge in [-0.1, -0.05) is 6.07 Å². The lowest BCUT2D eigenvalue weighted by atomic mass is 10.0. The maximum absolute atomic E-state index is 5.38. The molecule has 1 aliphatic carbocycles. The molecule has 4 rings (SSSR count). The number of hydrogen-bond donors (Lipinski definition) is 1. The SMILES string of the molecule is COc1ccc(-c2c(C)nn3c(NCCN(C)C)c4c(nc23)CCC4)c(C)c1. The van der Waals surface area contributed by atoms with Gasteiger partial charge in [-0.25, -0.2) is 4.98 Å². The molecule has 28 heavy (non-hydrogen) atoms. The first-order valence-corrected chi connectivity index (χ1v) is 9.94. The van der Waals surface area contributed by atoms with Crippen LogP contribution < -0.4 is 10.1 Å². The molecule has 148 valence electrons. The van der Waals surface area contributed by atoms with Gasteiger partial charge in [0.15, 0.2) is 5.65 Å². The predicted molar refractivity (Wildman–Crippen MR) is 114 cm³/mol. The van der Waals surface area contributed by atoms with E-state index in [9.17, 15) is 0 Å². The van der Waals surface area contributed by atoms with Gasteiger partial charge in [0.25, 0.3) is 0 Å². The summed E-state index contributed by atoms with van der Waals surface area (Å²) < 4.78 is 7.40. The van der Waals surface area contributed by atoms with Crippen molar-refractivity contribution in [3.8, 4) is 16.9 Å². The molecule has 1 aliphatic rings. The second kappa shape index (κ2) is 7.43. The number of hydrogen-bond acceptors (Lipinski definition) is 5. The van der Waals surface area contributed by atoms with E-state index in [-0.39, 0.29) is 0 Å². The normalized spacial score (nSPS) is 13.4. The molecule has 3 aromatic rings. The van der Waals surface area contributed by atoms with Crippen molar-refractivity contribution in [3.63, 3.8) is 0 Å². The van der Waals surface area contributed by atoms with E-state index in [0.29, 0.717) is 0 Å². The summed E-state index contributed by atoms with van der Waals surface area (Å²) in [6.07, 6.45) is 3.27. The molecule has 0 bridgehead atoms. The van der Waals surface area contributed by atoms with Gasteiger partial charge in [-0.05, 0) is 70.5 Å². The Bertz CT molecular complexity index is 1020. The van der Waals surface area contributed by atoms with Crippen LogP contribution in [0.15, 0.2) is 18.2 Å². The first-order chi connectivity index (χ1) is 13.5. The third kappa shape index (κ3) is 3.22. The summed E-state index contributed by atoms with van der Waals surface area (Å²) in [5.41, 5.74) is 7.93. The number of methoxy groups -OCH3 is 1. The lowest BCUT2D eigenvalue weighted by Gasteiger charge is -2.15. The number of aromatic nitrogens is 3. The van der Waals surface area contributed by atoms with Gasteiger partial charge in [0.05, 0.1) is 12.8 Å². The predicted octanol–water partition coefficient (Wildman–Crippen LogP) is 3.48. The lowest BCUT2D eigenvalue weighted by Crippen LogP contribution is -2.22. The van der Waals surface area contributed by atoms with Crippen LogP contribution in [0.5, 0.6) is 5.75 Å². The van der Waals surface area contributed by atoms with Crippen LogP contribution in [0.1, 0.15) is 28.9 Å². The van der Waals surface area contributed by atoms with Gasteiger partial charge in [0.1, 0.15) is 11.6 Å². The smallest absolute Gasteiger partial charge is 0.165 e. The van der Waals surface area contributed by atoms with Crippen LogP contribution in [0.25, 0.3) is 16.8 Å². The van der Waals surface area contributed by atoms with Crippen LogP contribution in [-0.2, 0) is 12.8 Å². The van der Waals surface area contributed by atoms with Gasteiger partial charge in [-0.2, -0.15) is 9.61 Å². The molecule has 0 saturated heterocycles.